The van der Waals surface area contributed by atoms with Gasteiger partial charge in [-0.1, -0.05) is 30.3 Å². The Morgan fingerprint density at radius 2 is 1.60 bits per heavy atom. The van der Waals surface area contributed by atoms with E-state index in [1.807, 2.05) is 0 Å². The fraction of sp³-hybridized carbons (Fsp3) is 0.273. The van der Waals surface area contributed by atoms with Crippen molar-refractivity contribution in [2.24, 2.45) is 0 Å². The van der Waals surface area contributed by atoms with Crippen molar-refractivity contribution in [3.05, 3.63) is 69.4 Å². The largest absolute Gasteiger partial charge is 0.473 e. The molecule has 2 heterocycles. The average Bonchev–Trinajstić information content (AvgIpc) is 3.14. The summed E-state index contributed by atoms with van der Waals surface area (Å²) in [5.74, 6) is -3.65. The van der Waals surface area contributed by atoms with Crippen LogP contribution < -0.4 is 0 Å². The van der Waals surface area contributed by atoms with Crippen molar-refractivity contribution in [2.45, 2.75) is 25.0 Å². The molecule has 3 aromatic rings. The number of carbonyl (C=O) groups is 2. The van der Waals surface area contributed by atoms with Gasteiger partial charge in [-0.25, -0.2) is 9.59 Å². The van der Waals surface area contributed by atoms with E-state index in [1.165, 1.54) is 20.0 Å². The van der Waals surface area contributed by atoms with Crippen LogP contribution in [0.4, 0.5) is 0 Å². The van der Waals surface area contributed by atoms with E-state index < -0.39 is 17.5 Å². The monoisotopic (exact) mass is 522 g/mol. The molecule has 1 fully saturated rings. The van der Waals surface area contributed by atoms with Gasteiger partial charge in [0.05, 0.1) is 5.60 Å². The number of aromatic nitrogens is 1. The minimum absolute atomic E-state index is 0.680. The fourth-order valence-corrected chi connectivity index (χ4v) is 3.99. The van der Waals surface area contributed by atoms with Crippen LogP contribution >= 0.6 is 22.6 Å². The smallest absolute Gasteiger partial charge is 0.414 e. The van der Waals surface area contributed by atoms with Crippen LogP contribution in [-0.4, -0.2) is 50.2 Å². The number of carboxylic acid groups (broad SMARTS) is 2. The van der Waals surface area contributed by atoms with Gasteiger partial charge in [0, 0.05) is 40.3 Å². The van der Waals surface area contributed by atoms with Crippen LogP contribution in [0.1, 0.15) is 24.0 Å². The molecule has 0 unspecified atom stereocenters. The number of nitrogens with one attached hydrogen (secondary N) is 1. The van der Waals surface area contributed by atoms with E-state index in [-0.39, 0.29) is 0 Å². The van der Waals surface area contributed by atoms with E-state index in [0.29, 0.717) is 0 Å². The molecule has 4 N–H and O–H groups in total. The van der Waals surface area contributed by atoms with Gasteiger partial charge in [-0.05, 0) is 64.8 Å². The number of fused-ring (bicyclic) bond motifs is 1. The highest BCUT2D eigenvalue weighted by Crippen LogP contribution is 2.34. The second kappa shape index (κ2) is 9.59. The van der Waals surface area contributed by atoms with Gasteiger partial charge in [-0.2, -0.15) is 0 Å². The number of aromatic amines is 1. The lowest BCUT2D eigenvalue weighted by Crippen LogP contribution is -2.42. The molecule has 8 heteroatoms. The predicted molar refractivity (Wildman–Crippen MR) is 121 cm³/mol. The number of benzene rings is 2. The molecule has 4 rings (SSSR count). The number of halogens is 1. The maximum atomic E-state index is 11.0. The summed E-state index contributed by atoms with van der Waals surface area (Å²) in [6.07, 6.45) is 3.69. The van der Waals surface area contributed by atoms with Gasteiger partial charge < -0.3 is 20.3 Å². The molecule has 1 aromatic heterocycles. The first-order valence-corrected chi connectivity index (χ1v) is 10.6. The van der Waals surface area contributed by atoms with Gasteiger partial charge in [-0.3, -0.25) is 4.90 Å². The Morgan fingerprint density at radius 1 is 1.00 bits per heavy atom. The lowest BCUT2D eigenvalue weighted by molar-refractivity contribution is -0.159. The van der Waals surface area contributed by atoms with Crippen LogP contribution in [0.3, 0.4) is 0 Å². The number of para-hydroxylation sites is 1. The van der Waals surface area contributed by atoms with Crippen molar-refractivity contribution < 1.29 is 24.9 Å². The summed E-state index contributed by atoms with van der Waals surface area (Å²) in [6.45, 7) is 2.77. The summed E-state index contributed by atoms with van der Waals surface area (Å²) >= 11 is 2.30. The Hall–Kier alpha value is -2.43. The number of nitrogens with zero attached hydrogens (tertiary/aromatic N) is 1. The van der Waals surface area contributed by atoms with Crippen LogP contribution in [0.15, 0.2) is 54.7 Å². The van der Waals surface area contributed by atoms with Gasteiger partial charge in [0.2, 0.25) is 0 Å². The second-order valence-corrected chi connectivity index (χ2v) is 8.53. The summed E-state index contributed by atoms with van der Waals surface area (Å²) in [6, 6.07) is 16.7. The Morgan fingerprint density at radius 3 is 2.20 bits per heavy atom. The molecule has 0 spiro atoms. The molecule has 158 valence electrons. The van der Waals surface area contributed by atoms with E-state index >= 15 is 0 Å². The Kier molecular flexibility index (Phi) is 7.11. The zero-order chi connectivity index (χ0) is 21.7. The summed E-state index contributed by atoms with van der Waals surface area (Å²) in [5.41, 5.74) is 2.90. The van der Waals surface area contributed by atoms with Crippen LogP contribution in [0.25, 0.3) is 10.9 Å². The van der Waals surface area contributed by atoms with Crippen LogP contribution in [0.2, 0.25) is 0 Å². The zero-order valence-corrected chi connectivity index (χ0v) is 18.4. The highest BCUT2D eigenvalue weighted by Gasteiger charge is 2.33. The number of aliphatic hydroxyl groups is 1. The van der Waals surface area contributed by atoms with Crippen molar-refractivity contribution in [3.8, 4) is 0 Å². The first kappa shape index (κ1) is 22.3. The molecule has 0 bridgehead atoms. The third-order valence-electron chi connectivity index (χ3n) is 5.32. The van der Waals surface area contributed by atoms with E-state index in [9.17, 15) is 5.11 Å². The highest BCUT2D eigenvalue weighted by molar-refractivity contribution is 14.1. The van der Waals surface area contributed by atoms with E-state index in [0.717, 1.165) is 38.0 Å². The number of rotatable bonds is 3. The van der Waals surface area contributed by atoms with Crippen LogP contribution in [0.5, 0.6) is 0 Å². The average molecular weight is 522 g/mol. The Bertz CT molecular complexity index is 1010. The standard InChI is InChI=1S/C20H21IN2O.C2H2O4/c21-17-7-5-16(6-8-17)20(24)9-11-23(12-10-20)14-15-13-22-19-4-2-1-3-18(15)19;3-1(4)2(5)6/h1-8,13,22,24H,9-12,14H2;(H,3,4)(H,5,6). The molecule has 30 heavy (non-hydrogen) atoms. The summed E-state index contributed by atoms with van der Waals surface area (Å²) in [7, 11) is 0. The molecule has 0 saturated carbocycles. The third kappa shape index (κ3) is 5.38. The molecule has 1 saturated heterocycles. The van der Waals surface area contributed by atoms with Gasteiger partial charge in [0.25, 0.3) is 0 Å². The number of piperidine rings is 1. The zero-order valence-electron chi connectivity index (χ0n) is 16.2. The van der Waals surface area contributed by atoms with Crippen molar-refractivity contribution >= 4 is 45.4 Å². The van der Waals surface area contributed by atoms with Crippen molar-refractivity contribution in [1.82, 2.24) is 9.88 Å². The topological polar surface area (TPSA) is 114 Å². The molecular formula is C22H23IN2O5. The van der Waals surface area contributed by atoms with Gasteiger partial charge in [0.1, 0.15) is 0 Å². The molecular weight excluding hydrogens is 499 g/mol. The highest BCUT2D eigenvalue weighted by atomic mass is 127. The normalized spacial score (nSPS) is 15.9. The van der Waals surface area contributed by atoms with Crippen LogP contribution in [0, 0.1) is 3.57 Å². The Labute approximate surface area is 187 Å². The lowest BCUT2D eigenvalue weighted by atomic mass is 9.84. The molecule has 1 aliphatic heterocycles. The molecule has 1 aliphatic rings. The molecule has 0 aliphatic carbocycles. The van der Waals surface area contributed by atoms with Gasteiger partial charge in [-0.15, -0.1) is 0 Å². The molecule has 0 radical (unpaired) electrons. The first-order valence-electron chi connectivity index (χ1n) is 9.50. The minimum atomic E-state index is -1.82. The summed E-state index contributed by atoms with van der Waals surface area (Å²) < 4.78 is 1.21. The predicted octanol–water partition coefficient (Wildman–Crippen LogP) is 3.41. The van der Waals surface area contributed by atoms with E-state index in [1.54, 1.807) is 0 Å². The molecule has 0 amide bonds. The van der Waals surface area contributed by atoms with Gasteiger partial charge in [0.15, 0.2) is 0 Å². The summed E-state index contributed by atoms with van der Waals surface area (Å²) in [4.78, 5) is 24.0. The molecule has 2 aromatic carbocycles. The van der Waals surface area contributed by atoms with Crippen molar-refractivity contribution in [1.29, 1.82) is 0 Å². The number of hydrogen-bond acceptors (Lipinski definition) is 4. The van der Waals surface area contributed by atoms with Gasteiger partial charge >= 0.3 is 11.9 Å². The Balaban J connectivity index is 0.000000377. The molecule has 7 nitrogen and oxygen atoms in total. The number of carboxylic acids is 2. The maximum absolute atomic E-state index is 11.0. The lowest BCUT2D eigenvalue weighted by Gasteiger charge is -2.38. The fourth-order valence-electron chi connectivity index (χ4n) is 3.63. The molecule has 0 atom stereocenters. The summed E-state index contributed by atoms with van der Waals surface area (Å²) in [5, 5.41) is 27.1. The quantitative estimate of drug-likeness (QED) is 0.310. The SMILES string of the molecule is O=C(O)C(=O)O.OC1(c2ccc(I)cc2)CCN(Cc2c[nH]c3ccccc23)CC1. The second-order valence-electron chi connectivity index (χ2n) is 7.28. The third-order valence-corrected chi connectivity index (χ3v) is 6.04. The van der Waals surface area contributed by atoms with Crippen molar-refractivity contribution in [3.63, 3.8) is 0 Å². The maximum Gasteiger partial charge on any atom is 0.414 e. The van der Waals surface area contributed by atoms with E-state index in [4.69, 9.17) is 19.8 Å². The number of hydrogen-bond donors (Lipinski definition) is 4. The first-order chi connectivity index (χ1) is 14.3. The van der Waals surface area contributed by atoms with E-state index in [2.05, 4.69) is 87.2 Å². The number of likely N-dealkylation sites (tertiary alicyclic amines) is 1. The van der Waals surface area contributed by atoms with Crippen molar-refractivity contribution in [2.75, 3.05) is 13.1 Å². The minimum Gasteiger partial charge on any atom is -0.473 e. The number of H-pyrrole nitrogens is 1. The number of aliphatic carboxylic acids is 2. The van der Waals surface area contributed by atoms with Crippen LogP contribution in [-0.2, 0) is 21.7 Å².